The third-order valence-electron chi connectivity index (χ3n) is 3.60. The molecule has 0 heterocycles. The van der Waals surface area contributed by atoms with Gasteiger partial charge in [0, 0.05) is 28.2 Å². The number of carbonyl (C=O) groups excluding carboxylic acids is 1. The number of rotatable bonds is 7. The SMILES string of the molecule is COC(=O)c1cc(N(C)C)c(Oc2ccccc2)c(S(=O)(=O)/N=C\N(C)C)c1. The quantitative estimate of drug-likeness (QED) is 0.397. The Morgan fingerprint density at radius 3 is 2.25 bits per heavy atom. The molecule has 2 aromatic rings. The van der Waals surface area contributed by atoms with E-state index >= 15 is 0 Å². The van der Waals surface area contributed by atoms with Gasteiger partial charge in [0.2, 0.25) is 0 Å². The number of para-hydroxylation sites is 1. The van der Waals surface area contributed by atoms with Crippen LogP contribution in [0.2, 0.25) is 0 Å². The molecule has 0 spiro atoms. The number of carbonyl (C=O) groups is 1. The van der Waals surface area contributed by atoms with Crippen LogP contribution in [0, 0.1) is 0 Å². The van der Waals surface area contributed by atoms with Crippen LogP contribution < -0.4 is 9.64 Å². The molecule has 28 heavy (non-hydrogen) atoms. The zero-order valence-electron chi connectivity index (χ0n) is 16.4. The lowest BCUT2D eigenvalue weighted by Crippen LogP contribution is -2.15. The summed E-state index contributed by atoms with van der Waals surface area (Å²) in [6.45, 7) is 0. The fraction of sp³-hybridized carbons (Fsp3) is 0.263. The molecule has 0 saturated carbocycles. The summed E-state index contributed by atoms with van der Waals surface area (Å²) in [6, 6.07) is 11.5. The van der Waals surface area contributed by atoms with E-state index < -0.39 is 16.0 Å². The largest absolute Gasteiger partial charge is 0.465 e. The molecule has 9 heteroatoms. The van der Waals surface area contributed by atoms with Crippen molar-refractivity contribution in [2.45, 2.75) is 4.90 Å². The third-order valence-corrected chi connectivity index (χ3v) is 4.83. The zero-order chi connectivity index (χ0) is 20.9. The molecule has 150 valence electrons. The summed E-state index contributed by atoms with van der Waals surface area (Å²) in [6.07, 6.45) is 1.17. The van der Waals surface area contributed by atoms with Crippen molar-refractivity contribution in [1.82, 2.24) is 4.90 Å². The summed E-state index contributed by atoms with van der Waals surface area (Å²) in [5, 5.41) is 0. The predicted octanol–water partition coefficient (Wildman–Crippen LogP) is 2.61. The first-order chi connectivity index (χ1) is 13.2. The minimum Gasteiger partial charge on any atom is -0.465 e. The molecular weight excluding hydrogens is 382 g/mol. The highest BCUT2D eigenvalue weighted by Crippen LogP contribution is 2.39. The first-order valence-corrected chi connectivity index (χ1v) is 9.73. The van der Waals surface area contributed by atoms with Crippen molar-refractivity contribution in [2.75, 3.05) is 40.2 Å². The molecule has 0 atom stereocenters. The summed E-state index contributed by atoms with van der Waals surface area (Å²) < 4.78 is 40.2. The number of methoxy groups -OCH3 is 1. The maximum Gasteiger partial charge on any atom is 0.337 e. The molecule has 0 fully saturated rings. The van der Waals surface area contributed by atoms with Crippen molar-refractivity contribution < 1.29 is 22.7 Å². The van der Waals surface area contributed by atoms with Crippen LogP contribution in [-0.2, 0) is 14.8 Å². The van der Waals surface area contributed by atoms with E-state index in [4.69, 9.17) is 9.47 Å². The maximum absolute atomic E-state index is 12.9. The number of nitrogens with zero attached hydrogens (tertiary/aromatic N) is 3. The van der Waals surface area contributed by atoms with E-state index in [2.05, 4.69) is 4.40 Å². The average molecular weight is 405 g/mol. The number of anilines is 1. The monoisotopic (exact) mass is 405 g/mol. The van der Waals surface area contributed by atoms with Gasteiger partial charge in [0.1, 0.15) is 17.0 Å². The third kappa shape index (κ3) is 5.01. The summed E-state index contributed by atoms with van der Waals surface area (Å²) in [5.41, 5.74) is 0.468. The number of sulfonamides is 1. The van der Waals surface area contributed by atoms with Crippen LogP contribution in [0.4, 0.5) is 5.69 Å². The summed E-state index contributed by atoms with van der Waals surface area (Å²) in [4.78, 5) is 15.0. The first kappa shape index (κ1) is 21.2. The second kappa shape index (κ2) is 8.75. The summed E-state index contributed by atoms with van der Waals surface area (Å²) >= 11 is 0. The first-order valence-electron chi connectivity index (χ1n) is 8.29. The van der Waals surface area contributed by atoms with E-state index in [0.717, 1.165) is 0 Å². The highest BCUT2D eigenvalue weighted by Gasteiger charge is 2.26. The highest BCUT2D eigenvalue weighted by atomic mass is 32.2. The maximum atomic E-state index is 12.9. The molecule has 0 N–H and O–H groups in total. The fourth-order valence-corrected chi connectivity index (χ4v) is 3.35. The Morgan fingerprint density at radius 1 is 1.07 bits per heavy atom. The molecular formula is C19H23N3O5S. The Morgan fingerprint density at radius 2 is 1.71 bits per heavy atom. The molecule has 0 aliphatic heterocycles. The Balaban J connectivity index is 2.76. The van der Waals surface area contributed by atoms with Gasteiger partial charge in [-0.3, -0.25) is 0 Å². The molecule has 8 nitrogen and oxygen atoms in total. The Labute approximate surface area is 165 Å². The van der Waals surface area contributed by atoms with Gasteiger partial charge >= 0.3 is 5.97 Å². The average Bonchev–Trinajstić information content (AvgIpc) is 2.66. The number of hydrogen-bond acceptors (Lipinski definition) is 6. The van der Waals surface area contributed by atoms with Crippen LogP contribution >= 0.6 is 0 Å². The number of esters is 1. The topological polar surface area (TPSA) is 88.5 Å². The van der Waals surface area contributed by atoms with E-state index in [-0.39, 0.29) is 16.2 Å². The molecule has 0 unspecified atom stereocenters. The van der Waals surface area contributed by atoms with Crippen LogP contribution in [0.5, 0.6) is 11.5 Å². The van der Waals surface area contributed by atoms with Crippen LogP contribution in [0.1, 0.15) is 10.4 Å². The second-order valence-corrected chi connectivity index (χ2v) is 7.88. The van der Waals surface area contributed by atoms with Crippen molar-refractivity contribution in [1.29, 1.82) is 0 Å². The standard InChI is InChI=1S/C19H23N3O5S/c1-21(2)13-20-28(24,25)17-12-14(19(23)26-5)11-16(22(3)4)18(17)27-15-9-7-6-8-10-15/h6-13H,1-5H3/b20-13-. The molecule has 0 aliphatic carbocycles. The molecule has 0 bridgehead atoms. The minimum absolute atomic E-state index is 0.0692. The van der Waals surface area contributed by atoms with E-state index in [1.807, 2.05) is 6.07 Å². The smallest absolute Gasteiger partial charge is 0.337 e. The van der Waals surface area contributed by atoms with Gasteiger partial charge in [0.05, 0.1) is 18.4 Å². The highest BCUT2D eigenvalue weighted by molar-refractivity contribution is 7.90. The molecule has 0 aliphatic rings. The fourth-order valence-electron chi connectivity index (χ4n) is 2.27. The van der Waals surface area contributed by atoms with Crippen molar-refractivity contribution in [2.24, 2.45) is 4.40 Å². The van der Waals surface area contributed by atoms with E-state index in [1.54, 1.807) is 57.4 Å². The normalized spacial score (nSPS) is 11.3. The van der Waals surface area contributed by atoms with Gasteiger partial charge in [-0.05, 0) is 24.3 Å². The van der Waals surface area contributed by atoms with Gasteiger partial charge in [-0.1, -0.05) is 18.2 Å². The zero-order valence-corrected chi connectivity index (χ0v) is 17.2. The van der Waals surface area contributed by atoms with Gasteiger partial charge in [-0.25, -0.2) is 4.79 Å². The second-order valence-electron chi connectivity index (χ2n) is 6.28. The van der Waals surface area contributed by atoms with Crippen molar-refractivity contribution in [3.8, 4) is 11.5 Å². The van der Waals surface area contributed by atoms with Gasteiger partial charge < -0.3 is 19.3 Å². The lowest BCUT2D eigenvalue weighted by Gasteiger charge is -2.21. The van der Waals surface area contributed by atoms with Crippen LogP contribution in [-0.4, -0.2) is 60.9 Å². The van der Waals surface area contributed by atoms with Gasteiger partial charge in [0.25, 0.3) is 10.0 Å². The van der Waals surface area contributed by atoms with E-state index in [0.29, 0.717) is 11.4 Å². The lowest BCUT2D eigenvalue weighted by atomic mass is 10.1. The number of benzene rings is 2. The number of ether oxygens (including phenoxy) is 2. The van der Waals surface area contributed by atoms with Crippen molar-refractivity contribution in [3.05, 3.63) is 48.0 Å². The summed E-state index contributed by atoms with van der Waals surface area (Å²) in [5.74, 6) is -0.147. The molecule has 0 radical (unpaired) electrons. The van der Waals surface area contributed by atoms with Crippen molar-refractivity contribution in [3.63, 3.8) is 0 Å². The van der Waals surface area contributed by atoms with Crippen LogP contribution in [0.25, 0.3) is 0 Å². The van der Waals surface area contributed by atoms with Gasteiger partial charge in [-0.15, -0.1) is 4.40 Å². The van der Waals surface area contributed by atoms with Gasteiger partial charge in [0.15, 0.2) is 5.75 Å². The predicted molar refractivity (Wildman–Crippen MR) is 108 cm³/mol. The lowest BCUT2D eigenvalue weighted by molar-refractivity contribution is 0.0600. The minimum atomic E-state index is -4.16. The molecule has 0 saturated heterocycles. The Hall–Kier alpha value is -3.07. The number of hydrogen-bond donors (Lipinski definition) is 0. The Kier molecular flexibility index (Phi) is 6.63. The van der Waals surface area contributed by atoms with E-state index in [1.165, 1.54) is 30.5 Å². The summed E-state index contributed by atoms with van der Waals surface area (Å²) in [7, 11) is 3.80. The van der Waals surface area contributed by atoms with Crippen molar-refractivity contribution >= 4 is 28.0 Å². The Bertz CT molecular complexity index is 971. The molecule has 2 aromatic carbocycles. The van der Waals surface area contributed by atoms with Gasteiger partial charge in [-0.2, -0.15) is 8.42 Å². The van der Waals surface area contributed by atoms with Crippen LogP contribution in [0.15, 0.2) is 51.8 Å². The molecule has 2 rings (SSSR count). The van der Waals surface area contributed by atoms with E-state index in [9.17, 15) is 13.2 Å². The molecule has 0 aromatic heterocycles. The van der Waals surface area contributed by atoms with Crippen LogP contribution in [0.3, 0.4) is 0 Å². The molecule has 0 amide bonds.